The lowest BCUT2D eigenvalue weighted by Gasteiger charge is -2.25. The first-order valence-electron chi connectivity index (χ1n) is 14.1. The summed E-state index contributed by atoms with van der Waals surface area (Å²) in [6.07, 6.45) is 3.45. The molecule has 2 heterocycles. The number of hydrogen-bond acceptors (Lipinski definition) is 9. The standard InChI is InChI=1S/C33H31N3O7S/c1-4-5-16-42-26-15-14-24(19-27(26)41-3)30-29(32(38)43-20-22-10-7-6-8-11-22)21(2)34-33-35(30)31(37)28(44-33)18-23-12-9-13-25(17-23)36(39)40/h6-15,17-19,30H,4-5,16,20H2,1-3H3. The molecule has 0 radical (unpaired) electrons. The highest BCUT2D eigenvalue weighted by atomic mass is 32.1. The van der Waals surface area contributed by atoms with Crippen LogP contribution in [0, 0.1) is 10.1 Å². The van der Waals surface area contributed by atoms with Gasteiger partial charge in [-0.25, -0.2) is 9.79 Å². The van der Waals surface area contributed by atoms with Gasteiger partial charge in [-0.05, 0) is 48.2 Å². The summed E-state index contributed by atoms with van der Waals surface area (Å²) in [7, 11) is 1.53. The number of non-ortho nitro benzene ring substituents is 1. The van der Waals surface area contributed by atoms with E-state index in [2.05, 4.69) is 11.9 Å². The fraction of sp³-hybridized carbons (Fsp3) is 0.242. The fourth-order valence-electron chi connectivity index (χ4n) is 4.88. The number of benzene rings is 3. The molecule has 0 aliphatic carbocycles. The van der Waals surface area contributed by atoms with Crippen LogP contribution in [0.25, 0.3) is 6.08 Å². The molecule has 4 aromatic rings. The largest absolute Gasteiger partial charge is 0.493 e. The summed E-state index contributed by atoms with van der Waals surface area (Å²) in [6.45, 7) is 4.36. The number of thiazole rings is 1. The molecule has 0 saturated carbocycles. The number of methoxy groups -OCH3 is 1. The predicted molar refractivity (Wildman–Crippen MR) is 166 cm³/mol. The van der Waals surface area contributed by atoms with Gasteiger partial charge in [0.05, 0.1) is 40.5 Å². The summed E-state index contributed by atoms with van der Waals surface area (Å²) in [4.78, 5) is 43.5. The summed E-state index contributed by atoms with van der Waals surface area (Å²) in [5.74, 6) is 0.413. The quantitative estimate of drug-likeness (QED) is 0.100. The van der Waals surface area contributed by atoms with E-state index in [4.69, 9.17) is 14.2 Å². The van der Waals surface area contributed by atoms with Crippen LogP contribution in [0.3, 0.4) is 0 Å². The van der Waals surface area contributed by atoms with Crippen molar-refractivity contribution in [1.82, 2.24) is 4.57 Å². The van der Waals surface area contributed by atoms with Crippen molar-refractivity contribution in [3.8, 4) is 11.5 Å². The maximum absolute atomic E-state index is 14.0. The average molecular weight is 614 g/mol. The Morgan fingerprint density at radius 3 is 2.61 bits per heavy atom. The van der Waals surface area contributed by atoms with Crippen molar-refractivity contribution in [2.75, 3.05) is 13.7 Å². The lowest BCUT2D eigenvalue weighted by atomic mass is 9.95. The third-order valence-electron chi connectivity index (χ3n) is 7.09. The van der Waals surface area contributed by atoms with Crippen LogP contribution in [-0.2, 0) is 16.1 Å². The Morgan fingerprint density at radius 2 is 1.89 bits per heavy atom. The Morgan fingerprint density at radius 1 is 1.09 bits per heavy atom. The van der Waals surface area contributed by atoms with Gasteiger partial charge in [-0.3, -0.25) is 19.5 Å². The number of ether oxygens (including phenoxy) is 3. The molecule has 0 fully saturated rings. The second-order valence-corrected chi connectivity index (χ2v) is 11.1. The normalized spacial score (nSPS) is 14.5. The monoisotopic (exact) mass is 613 g/mol. The van der Waals surface area contributed by atoms with Gasteiger partial charge >= 0.3 is 5.97 Å². The summed E-state index contributed by atoms with van der Waals surface area (Å²) in [6, 6.07) is 19.8. The van der Waals surface area contributed by atoms with Crippen molar-refractivity contribution in [2.45, 2.75) is 39.3 Å². The number of nitro benzene ring substituents is 1. The van der Waals surface area contributed by atoms with Crippen molar-refractivity contribution in [3.63, 3.8) is 0 Å². The Kier molecular flexibility index (Phi) is 9.35. The number of unbranched alkanes of at least 4 members (excludes halogenated alkanes) is 1. The van der Waals surface area contributed by atoms with Crippen LogP contribution in [0.5, 0.6) is 11.5 Å². The molecule has 1 aromatic heterocycles. The molecule has 226 valence electrons. The smallest absolute Gasteiger partial charge is 0.338 e. The Bertz CT molecular complexity index is 1910. The molecule has 1 unspecified atom stereocenters. The van der Waals surface area contributed by atoms with Crippen LogP contribution >= 0.6 is 11.3 Å². The zero-order chi connectivity index (χ0) is 31.2. The van der Waals surface area contributed by atoms with Crippen LogP contribution in [0.4, 0.5) is 5.69 Å². The first-order chi connectivity index (χ1) is 21.3. The maximum Gasteiger partial charge on any atom is 0.338 e. The van der Waals surface area contributed by atoms with Gasteiger partial charge in [-0.1, -0.05) is 73.2 Å². The first-order valence-corrected chi connectivity index (χ1v) is 14.9. The molecule has 0 saturated heterocycles. The van der Waals surface area contributed by atoms with E-state index in [0.29, 0.717) is 44.3 Å². The Balaban J connectivity index is 1.62. The summed E-state index contributed by atoms with van der Waals surface area (Å²) < 4.78 is 19.1. The number of esters is 1. The van der Waals surface area contributed by atoms with Crippen LogP contribution in [0.15, 0.2) is 93.9 Å². The van der Waals surface area contributed by atoms with E-state index in [1.807, 2.05) is 30.3 Å². The number of aromatic nitrogens is 1. The number of allylic oxidation sites excluding steroid dienone is 1. The Labute approximate surface area is 257 Å². The van der Waals surface area contributed by atoms with Gasteiger partial charge in [0.1, 0.15) is 6.61 Å². The molecular formula is C33H31N3O7S. The van der Waals surface area contributed by atoms with E-state index in [1.165, 1.54) is 23.8 Å². The van der Waals surface area contributed by atoms with E-state index in [9.17, 15) is 19.7 Å². The van der Waals surface area contributed by atoms with Crippen molar-refractivity contribution < 1.29 is 23.9 Å². The van der Waals surface area contributed by atoms with Gasteiger partial charge in [0, 0.05) is 12.1 Å². The highest BCUT2D eigenvalue weighted by Crippen LogP contribution is 2.36. The molecule has 11 heteroatoms. The minimum atomic E-state index is -0.875. The lowest BCUT2D eigenvalue weighted by molar-refractivity contribution is -0.384. The molecule has 0 amide bonds. The second-order valence-electron chi connectivity index (χ2n) is 10.1. The van der Waals surface area contributed by atoms with E-state index >= 15 is 0 Å². The molecule has 3 aromatic carbocycles. The van der Waals surface area contributed by atoms with Crippen LogP contribution in [-0.4, -0.2) is 29.2 Å². The highest BCUT2D eigenvalue weighted by molar-refractivity contribution is 7.07. The molecule has 1 atom stereocenters. The van der Waals surface area contributed by atoms with Crippen molar-refractivity contribution >= 4 is 29.1 Å². The number of nitro groups is 1. The van der Waals surface area contributed by atoms with E-state index in [0.717, 1.165) is 29.7 Å². The van der Waals surface area contributed by atoms with Crippen LogP contribution in [0.2, 0.25) is 0 Å². The van der Waals surface area contributed by atoms with E-state index in [1.54, 1.807) is 43.3 Å². The molecule has 44 heavy (non-hydrogen) atoms. The first kappa shape index (κ1) is 30.4. The molecule has 0 bridgehead atoms. The Hall–Kier alpha value is -5.03. The van der Waals surface area contributed by atoms with Crippen molar-refractivity contribution in [1.29, 1.82) is 0 Å². The maximum atomic E-state index is 14.0. The van der Waals surface area contributed by atoms with Gasteiger partial charge in [-0.2, -0.15) is 0 Å². The minimum absolute atomic E-state index is 0.0495. The number of nitrogens with zero attached hydrogens (tertiary/aromatic N) is 3. The number of hydrogen-bond donors (Lipinski definition) is 0. The van der Waals surface area contributed by atoms with Gasteiger partial charge in [0.2, 0.25) is 0 Å². The van der Waals surface area contributed by atoms with Crippen LogP contribution in [0.1, 0.15) is 49.4 Å². The van der Waals surface area contributed by atoms with Crippen LogP contribution < -0.4 is 24.4 Å². The summed E-state index contributed by atoms with van der Waals surface area (Å²) >= 11 is 1.14. The summed E-state index contributed by atoms with van der Waals surface area (Å²) in [5, 5.41) is 11.3. The van der Waals surface area contributed by atoms with Crippen molar-refractivity contribution in [3.05, 3.63) is 131 Å². The van der Waals surface area contributed by atoms with E-state index < -0.39 is 22.5 Å². The molecule has 5 rings (SSSR count). The van der Waals surface area contributed by atoms with Gasteiger partial charge in [0.25, 0.3) is 11.2 Å². The third-order valence-corrected chi connectivity index (χ3v) is 8.07. The topological polar surface area (TPSA) is 122 Å². The van der Waals surface area contributed by atoms with Gasteiger partial charge in [0.15, 0.2) is 16.3 Å². The molecule has 1 aliphatic rings. The van der Waals surface area contributed by atoms with E-state index in [-0.39, 0.29) is 17.9 Å². The zero-order valence-electron chi connectivity index (χ0n) is 24.5. The molecule has 0 spiro atoms. The summed E-state index contributed by atoms with van der Waals surface area (Å²) in [5.41, 5.74) is 2.07. The number of carbonyl (C=O) groups excluding carboxylic acids is 1. The lowest BCUT2D eigenvalue weighted by Crippen LogP contribution is -2.39. The third kappa shape index (κ3) is 6.47. The average Bonchev–Trinajstić information content (AvgIpc) is 3.33. The number of rotatable bonds is 11. The molecule has 0 N–H and O–H groups in total. The van der Waals surface area contributed by atoms with Crippen molar-refractivity contribution in [2.24, 2.45) is 4.99 Å². The molecular weight excluding hydrogens is 582 g/mol. The van der Waals surface area contributed by atoms with Gasteiger partial charge in [-0.15, -0.1) is 0 Å². The fourth-order valence-corrected chi connectivity index (χ4v) is 5.93. The highest BCUT2D eigenvalue weighted by Gasteiger charge is 2.34. The zero-order valence-corrected chi connectivity index (χ0v) is 25.3. The second kappa shape index (κ2) is 13.5. The SMILES string of the molecule is CCCCOc1ccc(C2C(C(=O)OCc3ccccc3)=C(C)N=c3sc(=Cc4cccc([N+](=O)[O-])c4)c(=O)n32)cc1OC. The molecule has 1 aliphatic heterocycles. The number of fused-ring (bicyclic) bond motifs is 1. The predicted octanol–water partition coefficient (Wildman–Crippen LogP) is 5.07. The van der Waals surface area contributed by atoms with Gasteiger partial charge < -0.3 is 14.2 Å². The minimum Gasteiger partial charge on any atom is -0.493 e. The molecule has 10 nitrogen and oxygen atoms in total. The number of carbonyl (C=O) groups is 1.